The van der Waals surface area contributed by atoms with Gasteiger partial charge < -0.3 is 9.64 Å². The second-order valence-electron chi connectivity index (χ2n) is 5.60. The normalized spacial score (nSPS) is 14.3. The summed E-state index contributed by atoms with van der Waals surface area (Å²) < 4.78 is 6.99. The van der Waals surface area contributed by atoms with Gasteiger partial charge in [-0.2, -0.15) is 5.10 Å². The standard InChI is InChI=1S/C17H18ClN3O3/c1-3-21-16(18)15(11(2)19-21)17(23)24-13-7-4-6-12(10-13)20-9-5-8-14(20)22/h4,6-7,10H,3,5,8-9H2,1-2H3. The fraction of sp³-hybridized carbons (Fsp3) is 0.353. The Morgan fingerprint density at radius 2 is 2.21 bits per heavy atom. The van der Waals surface area contributed by atoms with E-state index in [1.54, 1.807) is 34.7 Å². The summed E-state index contributed by atoms with van der Waals surface area (Å²) in [4.78, 5) is 26.0. The van der Waals surface area contributed by atoms with E-state index in [1.165, 1.54) is 0 Å². The fourth-order valence-corrected chi connectivity index (χ4v) is 3.16. The molecule has 2 aromatic rings. The van der Waals surface area contributed by atoms with Crippen LogP contribution in [0.2, 0.25) is 5.15 Å². The van der Waals surface area contributed by atoms with Gasteiger partial charge in [-0.05, 0) is 32.4 Å². The van der Waals surface area contributed by atoms with E-state index < -0.39 is 5.97 Å². The van der Waals surface area contributed by atoms with Crippen LogP contribution >= 0.6 is 11.6 Å². The highest BCUT2D eigenvalue weighted by atomic mass is 35.5. The predicted octanol–water partition coefficient (Wildman–Crippen LogP) is 3.21. The summed E-state index contributed by atoms with van der Waals surface area (Å²) in [6.45, 7) is 4.86. The molecule has 1 aromatic heterocycles. The van der Waals surface area contributed by atoms with Crippen molar-refractivity contribution in [1.82, 2.24) is 9.78 Å². The molecular formula is C17H18ClN3O3. The zero-order valence-electron chi connectivity index (χ0n) is 13.6. The summed E-state index contributed by atoms with van der Waals surface area (Å²) >= 11 is 6.19. The molecule has 0 N–H and O–H groups in total. The topological polar surface area (TPSA) is 64.4 Å². The van der Waals surface area contributed by atoms with Crippen molar-refractivity contribution in [1.29, 1.82) is 0 Å². The Hall–Kier alpha value is -2.34. The van der Waals surface area contributed by atoms with Gasteiger partial charge in [0, 0.05) is 31.3 Å². The first-order valence-electron chi connectivity index (χ1n) is 7.86. The molecule has 3 rings (SSSR count). The number of hydrogen-bond donors (Lipinski definition) is 0. The molecule has 0 saturated carbocycles. The van der Waals surface area contributed by atoms with E-state index in [4.69, 9.17) is 16.3 Å². The van der Waals surface area contributed by atoms with Crippen LogP contribution in [0.25, 0.3) is 0 Å². The number of halogens is 1. The van der Waals surface area contributed by atoms with E-state index in [-0.39, 0.29) is 16.6 Å². The quantitative estimate of drug-likeness (QED) is 0.629. The monoisotopic (exact) mass is 347 g/mol. The number of nitrogens with zero attached hydrogens (tertiary/aromatic N) is 3. The summed E-state index contributed by atoms with van der Waals surface area (Å²) in [5, 5.41) is 4.48. The largest absolute Gasteiger partial charge is 0.423 e. The molecule has 1 aliphatic rings. The van der Waals surface area contributed by atoms with Crippen LogP contribution in [0, 0.1) is 6.92 Å². The van der Waals surface area contributed by atoms with Crippen molar-refractivity contribution >= 4 is 29.2 Å². The van der Waals surface area contributed by atoms with E-state index in [9.17, 15) is 9.59 Å². The van der Waals surface area contributed by atoms with Crippen molar-refractivity contribution in [2.24, 2.45) is 0 Å². The highest BCUT2D eigenvalue weighted by Crippen LogP contribution is 2.27. The Balaban J connectivity index is 1.82. The van der Waals surface area contributed by atoms with Crippen LogP contribution in [0.1, 0.15) is 35.8 Å². The van der Waals surface area contributed by atoms with Crippen LogP contribution in [0.3, 0.4) is 0 Å². The minimum Gasteiger partial charge on any atom is -0.423 e. The van der Waals surface area contributed by atoms with Gasteiger partial charge in [0.2, 0.25) is 5.91 Å². The third kappa shape index (κ3) is 3.01. The maximum Gasteiger partial charge on any atom is 0.348 e. The van der Waals surface area contributed by atoms with Crippen LogP contribution in [-0.4, -0.2) is 28.2 Å². The number of aromatic nitrogens is 2. The Morgan fingerprint density at radius 1 is 1.42 bits per heavy atom. The molecule has 0 aliphatic carbocycles. The van der Waals surface area contributed by atoms with Crippen molar-refractivity contribution in [3.05, 3.63) is 40.7 Å². The third-order valence-electron chi connectivity index (χ3n) is 3.98. The number of rotatable bonds is 4. The number of aryl methyl sites for hydroxylation is 2. The molecule has 1 aliphatic heterocycles. The Morgan fingerprint density at radius 3 is 2.83 bits per heavy atom. The second-order valence-corrected chi connectivity index (χ2v) is 5.96. The number of carbonyl (C=O) groups excluding carboxylic acids is 2. The van der Waals surface area contributed by atoms with Crippen LogP contribution in [0.4, 0.5) is 5.69 Å². The zero-order valence-corrected chi connectivity index (χ0v) is 14.3. The molecular weight excluding hydrogens is 330 g/mol. The first-order valence-corrected chi connectivity index (χ1v) is 8.24. The maximum atomic E-state index is 12.4. The molecule has 0 atom stereocenters. The van der Waals surface area contributed by atoms with Crippen LogP contribution in [0.5, 0.6) is 5.75 Å². The number of amides is 1. The minimum absolute atomic E-state index is 0.0848. The van der Waals surface area contributed by atoms with Crippen molar-refractivity contribution < 1.29 is 14.3 Å². The third-order valence-corrected chi connectivity index (χ3v) is 4.37. The highest BCUT2D eigenvalue weighted by Gasteiger charge is 2.24. The van der Waals surface area contributed by atoms with Crippen LogP contribution in [-0.2, 0) is 11.3 Å². The lowest BCUT2D eigenvalue weighted by molar-refractivity contribution is -0.117. The van der Waals surface area contributed by atoms with Crippen molar-refractivity contribution in [3.8, 4) is 5.75 Å². The Kier molecular flexibility index (Phi) is 4.57. The average molecular weight is 348 g/mol. The highest BCUT2D eigenvalue weighted by molar-refractivity contribution is 6.32. The Labute approximate surface area is 145 Å². The number of anilines is 1. The molecule has 1 fully saturated rings. The summed E-state index contributed by atoms with van der Waals surface area (Å²) in [5.41, 5.74) is 1.52. The number of ether oxygens (including phenoxy) is 1. The van der Waals surface area contributed by atoms with Gasteiger partial charge in [0.05, 0.1) is 5.69 Å². The molecule has 0 spiro atoms. The number of esters is 1. The maximum absolute atomic E-state index is 12.4. The van der Waals surface area contributed by atoms with E-state index in [0.717, 1.165) is 12.1 Å². The zero-order chi connectivity index (χ0) is 17.3. The molecule has 1 aromatic carbocycles. The van der Waals surface area contributed by atoms with Gasteiger partial charge in [0.15, 0.2) is 0 Å². The Bertz CT molecular complexity index is 800. The number of carbonyl (C=O) groups is 2. The predicted molar refractivity (Wildman–Crippen MR) is 90.6 cm³/mol. The molecule has 0 radical (unpaired) electrons. The van der Waals surface area contributed by atoms with Gasteiger partial charge >= 0.3 is 5.97 Å². The number of hydrogen-bond acceptors (Lipinski definition) is 4. The molecule has 6 nitrogen and oxygen atoms in total. The molecule has 24 heavy (non-hydrogen) atoms. The molecule has 2 heterocycles. The molecule has 0 bridgehead atoms. The van der Waals surface area contributed by atoms with Gasteiger partial charge in [-0.3, -0.25) is 9.48 Å². The fourth-order valence-electron chi connectivity index (χ4n) is 2.79. The lowest BCUT2D eigenvalue weighted by Gasteiger charge is -2.16. The van der Waals surface area contributed by atoms with E-state index >= 15 is 0 Å². The van der Waals surface area contributed by atoms with Gasteiger partial charge in [-0.25, -0.2) is 4.79 Å². The van der Waals surface area contributed by atoms with Crippen molar-refractivity contribution in [2.45, 2.75) is 33.2 Å². The van der Waals surface area contributed by atoms with E-state index in [0.29, 0.717) is 31.0 Å². The van der Waals surface area contributed by atoms with Gasteiger partial charge in [-0.15, -0.1) is 0 Å². The first kappa shape index (κ1) is 16.5. The minimum atomic E-state index is -0.554. The lowest BCUT2D eigenvalue weighted by atomic mass is 10.2. The molecule has 1 amide bonds. The summed E-state index contributed by atoms with van der Waals surface area (Å²) in [5.74, 6) is -0.0967. The number of benzene rings is 1. The first-order chi connectivity index (χ1) is 11.5. The van der Waals surface area contributed by atoms with Crippen LogP contribution in [0.15, 0.2) is 24.3 Å². The second kappa shape index (κ2) is 6.65. The van der Waals surface area contributed by atoms with Gasteiger partial charge in [0.25, 0.3) is 0 Å². The van der Waals surface area contributed by atoms with Gasteiger partial charge in [-0.1, -0.05) is 17.7 Å². The summed E-state index contributed by atoms with van der Waals surface area (Å²) in [6.07, 6.45) is 1.39. The smallest absolute Gasteiger partial charge is 0.348 e. The SMILES string of the molecule is CCn1nc(C)c(C(=O)Oc2cccc(N3CCCC3=O)c2)c1Cl. The molecule has 126 valence electrons. The van der Waals surface area contributed by atoms with Gasteiger partial charge in [0.1, 0.15) is 16.5 Å². The van der Waals surface area contributed by atoms with Crippen molar-refractivity contribution in [3.63, 3.8) is 0 Å². The van der Waals surface area contributed by atoms with Crippen molar-refractivity contribution in [2.75, 3.05) is 11.4 Å². The average Bonchev–Trinajstić information content (AvgIpc) is 3.10. The summed E-state index contributed by atoms with van der Waals surface area (Å²) in [7, 11) is 0. The summed E-state index contributed by atoms with van der Waals surface area (Å²) in [6, 6.07) is 6.95. The van der Waals surface area contributed by atoms with E-state index in [1.807, 2.05) is 13.0 Å². The molecule has 7 heteroatoms. The van der Waals surface area contributed by atoms with Crippen LogP contribution < -0.4 is 9.64 Å². The lowest BCUT2D eigenvalue weighted by Crippen LogP contribution is -2.23. The molecule has 0 unspecified atom stereocenters. The molecule has 1 saturated heterocycles. The van der Waals surface area contributed by atoms with E-state index in [2.05, 4.69) is 5.10 Å².